The molecule has 0 radical (unpaired) electrons. The number of nitrogens with one attached hydrogen (secondary N) is 1. The molecule has 0 aliphatic rings. The molecule has 4 N–H and O–H groups in total. The zero-order valence-corrected chi connectivity index (χ0v) is 10.1. The number of carbonyl (C=O) groups is 2. The van der Waals surface area contributed by atoms with Crippen molar-refractivity contribution in [3.8, 4) is 0 Å². The fourth-order valence-corrected chi connectivity index (χ4v) is 1.23. The monoisotopic (exact) mass is 254 g/mol. The topological polar surface area (TPSA) is 92.4 Å². The summed E-state index contributed by atoms with van der Waals surface area (Å²) >= 11 is 0. The van der Waals surface area contributed by atoms with Gasteiger partial charge in [-0.2, -0.15) is 0 Å². The number of halogens is 1. The number of nitrogens with two attached hydrogens (primary N) is 1. The molecule has 1 aromatic carbocycles. The Bertz CT molecular complexity index is 474. The number of aromatic carboxylic acids is 1. The molecule has 18 heavy (non-hydrogen) atoms. The first-order valence-electron chi connectivity index (χ1n) is 5.42. The van der Waals surface area contributed by atoms with Crippen LogP contribution in [0.1, 0.15) is 24.2 Å². The predicted octanol–water partition coefficient (Wildman–Crippen LogP) is 1.45. The molecule has 0 saturated carbocycles. The Morgan fingerprint density at radius 3 is 2.44 bits per heavy atom. The minimum atomic E-state index is -1.23. The van der Waals surface area contributed by atoms with Gasteiger partial charge in [0.25, 0.3) is 0 Å². The number of rotatable bonds is 4. The number of carboxylic acids is 1. The van der Waals surface area contributed by atoms with Gasteiger partial charge in [-0.3, -0.25) is 4.79 Å². The van der Waals surface area contributed by atoms with Crippen LogP contribution in [0.3, 0.4) is 0 Å². The van der Waals surface area contributed by atoms with Gasteiger partial charge in [0.05, 0.1) is 17.2 Å². The molecule has 1 rings (SSSR count). The van der Waals surface area contributed by atoms with Crippen molar-refractivity contribution in [2.45, 2.75) is 19.9 Å². The third-order valence-electron chi connectivity index (χ3n) is 2.68. The molecular weight excluding hydrogens is 239 g/mol. The van der Waals surface area contributed by atoms with Crippen LogP contribution in [-0.2, 0) is 4.79 Å². The normalized spacial score (nSPS) is 13.8. The van der Waals surface area contributed by atoms with Crippen LogP contribution in [0.2, 0.25) is 0 Å². The summed E-state index contributed by atoms with van der Waals surface area (Å²) in [6, 6.07) is 2.93. The second kappa shape index (κ2) is 5.59. The summed E-state index contributed by atoms with van der Waals surface area (Å²) in [6.45, 7) is 3.30. The summed E-state index contributed by atoms with van der Waals surface area (Å²) < 4.78 is 13.5. The Morgan fingerprint density at radius 1 is 1.39 bits per heavy atom. The molecule has 0 heterocycles. The lowest BCUT2D eigenvalue weighted by atomic mass is 10.0. The van der Waals surface area contributed by atoms with Gasteiger partial charge < -0.3 is 16.2 Å². The lowest BCUT2D eigenvalue weighted by Crippen LogP contribution is -2.34. The minimum Gasteiger partial charge on any atom is -0.478 e. The Morgan fingerprint density at radius 2 is 2.00 bits per heavy atom. The first-order valence-corrected chi connectivity index (χ1v) is 5.42. The van der Waals surface area contributed by atoms with E-state index >= 15 is 0 Å². The largest absolute Gasteiger partial charge is 0.478 e. The van der Waals surface area contributed by atoms with E-state index in [2.05, 4.69) is 5.32 Å². The summed E-state index contributed by atoms with van der Waals surface area (Å²) in [7, 11) is 0. The molecule has 0 aliphatic heterocycles. The SMILES string of the molecule is CC(N)C(C)C(=O)Nc1ccc(C(=O)O)cc1F. The highest BCUT2D eigenvalue weighted by Crippen LogP contribution is 2.17. The molecule has 0 fully saturated rings. The Labute approximate surface area is 104 Å². The highest BCUT2D eigenvalue weighted by atomic mass is 19.1. The second-order valence-electron chi connectivity index (χ2n) is 4.14. The fraction of sp³-hybridized carbons (Fsp3) is 0.333. The third-order valence-corrected chi connectivity index (χ3v) is 2.68. The van der Waals surface area contributed by atoms with Crippen molar-refractivity contribution in [3.63, 3.8) is 0 Å². The van der Waals surface area contributed by atoms with E-state index in [0.29, 0.717) is 0 Å². The highest BCUT2D eigenvalue weighted by Gasteiger charge is 2.18. The van der Waals surface area contributed by atoms with Crippen LogP contribution in [-0.4, -0.2) is 23.0 Å². The molecule has 0 saturated heterocycles. The van der Waals surface area contributed by atoms with Crippen molar-refractivity contribution >= 4 is 17.6 Å². The predicted molar refractivity (Wildman–Crippen MR) is 64.8 cm³/mol. The molecule has 6 heteroatoms. The van der Waals surface area contributed by atoms with E-state index in [4.69, 9.17) is 10.8 Å². The molecular formula is C12H15FN2O3. The van der Waals surface area contributed by atoms with E-state index in [9.17, 15) is 14.0 Å². The van der Waals surface area contributed by atoms with Crippen LogP contribution in [0.5, 0.6) is 0 Å². The number of hydrogen-bond donors (Lipinski definition) is 3. The first kappa shape index (κ1) is 14.1. The maximum absolute atomic E-state index is 13.5. The highest BCUT2D eigenvalue weighted by molar-refractivity contribution is 5.94. The van der Waals surface area contributed by atoms with Crippen molar-refractivity contribution in [2.24, 2.45) is 11.7 Å². The number of anilines is 1. The van der Waals surface area contributed by atoms with Crippen LogP contribution >= 0.6 is 0 Å². The van der Waals surface area contributed by atoms with E-state index < -0.39 is 23.6 Å². The van der Waals surface area contributed by atoms with Crippen molar-refractivity contribution in [3.05, 3.63) is 29.6 Å². The lowest BCUT2D eigenvalue weighted by Gasteiger charge is -2.15. The summed E-state index contributed by atoms with van der Waals surface area (Å²) in [6.07, 6.45) is 0. The van der Waals surface area contributed by atoms with E-state index in [1.54, 1.807) is 13.8 Å². The van der Waals surface area contributed by atoms with E-state index in [1.165, 1.54) is 12.1 Å². The van der Waals surface area contributed by atoms with Gasteiger partial charge in [0.15, 0.2) is 0 Å². The van der Waals surface area contributed by atoms with Gasteiger partial charge in [-0.25, -0.2) is 9.18 Å². The number of carboxylic acid groups (broad SMARTS) is 1. The van der Waals surface area contributed by atoms with Crippen LogP contribution in [0, 0.1) is 11.7 Å². The quantitative estimate of drug-likeness (QED) is 0.758. The minimum absolute atomic E-state index is 0.0579. The maximum atomic E-state index is 13.5. The Kier molecular flexibility index (Phi) is 4.38. The number of hydrogen-bond acceptors (Lipinski definition) is 3. The van der Waals surface area contributed by atoms with Gasteiger partial charge in [-0.1, -0.05) is 6.92 Å². The summed E-state index contributed by atoms with van der Waals surface area (Å²) in [4.78, 5) is 22.3. The molecule has 2 unspecified atom stereocenters. The van der Waals surface area contributed by atoms with Gasteiger partial charge in [-0.15, -0.1) is 0 Å². The van der Waals surface area contributed by atoms with E-state index in [1.807, 2.05) is 0 Å². The molecule has 0 aromatic heterocycles. The number of carbonyl (C=O) groups excluding carboxylic acids is 1. The summed E-state index contributed by atoms with van der Waals surface area (Å²) in [5.41, 5.74) is 5.33. The van der Waals surface area contributed by atoms with E-state index in [0.717, 1.165) is 6.07 Å². The van der Waals surface area contributed by atoms with Crippen LogP contribution < -0.4 is 11.1 Å². The van der Waals surface area contributed by atoms with E-state index in [-0.39, 0.29) is 17.3 Å². The second-order valence-corrected chi connectivity index (χ2v) is 4.14. The van der Waals surface area contributed by atoms with Crippen LogP contribution in [0.15, 0.2) is 18.2 Å². The molecule has 1 amide bonds. The number of benzene rings is 1. The van der Waals surface area contributed by atoms with Crippen molar-refractivity contribution < 1.29 is 19.1 Å². The van der Waals surface area contributed by atoms with Crippen molar-refractivity contribution in [1.82, 2.24) is 0 Å². The zero-order chi connectivity index (χ0) is 13.9. The Balaban J connectivity index is 2.86. The third kappa shape index (κ3) is 3.27. The molecule has 0 spiro atoms. The molecule has 98 valence electrons. The smallest absolute Gasteiger partial charge is 0.335 e. The van der Waals surface area contributed by atoms with Crippen LogP contribution in [0.25, 0.3) is 0 Å². The van der Waals surface area contributed by atoms with Crippen LogP contribution in [0.4, 0.5) is 10.1 Å². The molecule has 1 aromatic rings. The standard InChI is InChI=1S/C12H15FN2O3/c1-6(7(2)14)11(16)15-10-4-3-8(12(17)18)5-9(10)13/h3-7H,14H2,1-2H3,(H,15,16)(H,17,18). The van der Waals surface area contributed by atoms with Crippen molar-refractivity contribution in [1.29, 1.82) is 0 Å². The van der Waals surface area contributed by atoms with Gasteiger partial charge in [0.1, 0.15) is 5.82 Å². The van der Waals surface area contributed by atoms with Gasteiger partial charge in [-0.05, 0) is 25.1 Å². The average Bonchev–Trinajstić information content (AvgIpc) is 2.30. The Hall–Kier alpha value is -1.95. The number of amides is 1. The average molecular weight is 254 g/mol. The molecule has 2 atom stereocenters. The first-order chi connectivity index (χ1) is 8.32. The summed E-state index contributed by atoms with van der Waals surface area (Å²) in [5.74, 6) is -2.90. The maximum Gasteiger partial charge on any atom is 0.335 e. The van der Waals surface area contributed by atoms with Gasteiger partial charge >= 0.3 is 5.97 Å². The van der Waals surface area contributed by atoms with Gasteiger partial charge in [0.2, 0.25) is 5.91 Å². The van der Waals surface area contributed by atoms with Crippen molar-refractivity contribution in [2.75, 3.05) is 5.32 Å². The van der Waals surface area contributed by atoms with Gasteiger partial charge in [0, 0.05) is 6.04 Å². The molecule has 0 bridgehead atoms. The lowest BCUT2D eigenvalue weighted by molar-refractivity contribution is -0.119. The molecule has 5 nitrogen and oxygen atoms in total. The molecule has 0 aliphatic carbocycles. The summed E-state index contributed by atoms with van der Waals surface area (Å²) in [5, 5.41) is 11.0. The fourth-order valence-electron chi connectivity index (χ4n) is 1.23. The zero-order valence-electron chi connectivity index (χ0n) is 10.1.